The zero-order chi connectivity index (χ0) is 20.5. The maximum atomic E-state index is 6.29. The highest BCUT2D eigenvalue weighted by Crippen LogP contribution is 2.40. The summed E-state index contributed by atoms with van der Waals surface area (Å²) < 4.78 is 11.1. The summed E-state index contributed by atoms with van der Waals surface area (Å²) in [5.74, 6) is 1.46. The molecule has 4 aromatic rings. The summed E-state index contributed by atoms with van der Waals surface area (Å²) in [6, 6.07) is 14.3. The lowest BCUT2D eigenvalue weighted by Gasteiger charge is -2.20. The van der Waals surface area contributed by atoms with E-state index in [9.17, 15) is 0 Å². The van der Waals surface area contributed by atoms with E-state index in [0.717, 1.165) is 44.9 Å². The molecule has 2 aromatic carbocycles. The molecule has 0 bridgehead atoms. The fourth-order valence-corrected chi connectivity index (χ4v) is 3.67. The van der Waals surface area contributed by atoms with E-state index < -0.39 is 0 Å². The normalized spacial score (nSPS) is 12.1. The van der Waals surface area contributed by atoms with E-state index in [1.165, 1.54) is 5.56 Å². The van der Waals surface area contributed by atoms with Crippen molar-refractivity contribution < 1.29 is 9.26 Å². The van der Waals surface area contributed by atoms with Gasteiger partial charge in [-0.1, -0.05) is 35.5 Å². The van der Waals surface area contributed by atoms with Crippen LogP contribution in [-0.2, 0) is 0 Å². The Bertz CT molecular complexity index is 1150. The van der Waals surface area contributed by atoms with Gasteiger partial charge >= 0.3 is 0 Å². The van der Waals surface area contributed by atoms with Gasteiger partial charge in [-0.2, -0.15) is 0 Å². The van der Waals surface area contributed by atoms with Crippen molar-refractivity contribution in [3.8, 4) is 16.9 Å². The molecule has 2 heterocycles. The molecular weight excluding hydrogens is 364 g/mol. The van der Waals surface area contributed by atoms with Crippen LogP contribution in [0.15, 0.2) is 53.2 Å². The first-order valence-corrected chi connectivity index (χ1v) is 9.50. The predicted octanol–water partition coefficient (Wildman–Crippen LogP) is 5.27. The van der Waals surface area contributed by atoms with Crippen molar-refractivity contribution >= 4 is 22.3 Å². The van der Waals surface area contributed by atoms with Gasteiger partial charge < -0.3 is 20.3 Å². The van der Waals surface area contributed by atoms with Gasteiger partial charge in [0.15, 0.2) is 0 Å². The summed E-state index contributed by atoms with van der Waals surface area (Å²) in [6.45, 7) is 5.92. The fourth-order valence-electron chi connectivity index (χ4n) is 3.67. The van der Waals surface area contributed by atoms with Gasteiger partial charge in [0, 0.05) is 17.0 Å². The topological polar surface area (TPSA) is 86.2 Å². The number of pyridine rings is 1. The summed E-state index contributed by atoms with van der Waals surface area (Å²) in [4.78, 5) is 4.56. The standard InChI is InChI=1S/C23H24N4O2/c1-13(16-8-6-5-7-9-16)26-23-17-11-21(28-4)18(10-20(17)25-12-19(23)24)22-14(2)27-29-15(22)3/h5-13H,24H2,1-4H3,(H,25,26). The number of nitrogens with one attached hydrogen (secondary N) is 1. The maximum Gasteiger partial charge on any atom is 0.141 e. The predicted molar refractivity (Wildman–Crippen MR) is 116 cm³/mol. The molecule has 0 amide bonds. The first-order valence-electron chi connectivity index (χ1n) is 9.50. The number of aryl methyl sites for hydroxylation is 2. The van der Waals surface area contributed by atoms with Crippen molar-refractivity contribution in [1.29, 1.82) is 0 Å². The van der Waals surface area contributed by atoms with Crippen LogP contribution in [0.5, 0.6) is 5.75 Å². The highest BCUT2D eigenvalue weighted by Gasteiger charge is 2.19. The van der Waals surface area contributed by atoms with E-state index in [-0.39, 0.29) is 6.04 Å². The van der Waals surface area contributed by atoms with Crippen molar-refractivity contribution in [2.75, 3.05) is 18.2 Å². The molecular formula is C23H24N4O2. The van der Waals surface area contributed by atoms with Gasteiger partial charge in [-0.25, -0.2) is 0 Å². The zero-order valence-corrected chi connectivity index (χ0v) is 17.0. The van der Waals surface area contributed by atoms with E-state index in [1.54, 1.807) is 13.3 Å². The number of rotatable bonds is 5. The molecule has 6 nitrogen and oxygen atoms in total. The van der Waals surface area contributed by atoms with E-state index in [4.69, 9.17) is 15.0 Å². The summed E-state index contributed by atoms with van der Waals surface area (Å²) in [5, 5.41) is 8.52. The van der Waals surface area contributed by atoms with E-state index >= 15 is 0 Å². The average Bonchev–Trinajstić information content (AvgIpc) is 3.07. The number of fused-ring (bicyclic) bond motifs is 1. The van der Waals surface area contributed by atoms with Crippen molar-refractivity contribution in [1.82, 2.24) is 10.1 Å². The smallest absolute Gasteiger partial charge is 0.141 e. The van der Waals surface area contributed by atoms with Gasteiger partial charge in [0.25, 0.3) is 0 Å². The van der Waals surface area contributed by atoms with Crippen molar-refractivity contribution in [2.45, 2.75) is 26.8 Å². The molecule has 2 aromatic heterocycles. The van der Waals surface area contributed by atoms with Gasteiger partial charge in [-0.15, -0.1) is 0 Å². The molecule has 0 saturated heterocycles. The Balaban J connectivity index is 1.85. The van der Waals surface area contributed by atoms with Gasteiger partial charge in [0.05, 0.1) is 41.5 Å². The second-order valence-electron chi connectivity index (χ2n) is 7.13. The number of hydrogen-bond donors (Lipinski definition) is 2. The number of nitrogens with two attached hydrogens (primary N) is 1. The Labute approximate surface area is 169 Å². The van der Waals surface area contributed by atoms with Crippen LogP contribution in [0.3, 0.4) is 0 Å². The summed E-state index contributed by atoms with van der Waals surface area (Å²) in [7, 11) is 1.66. The molecule has 0 spiro atoms. The van der Waals surface area contributed by atoms with Crippen LogP contribution in [0.1, 0.15) is 30.0 Å². The van der Waals surface area contributed by atoms with Crippen LogP contribution >= 0.6 is 0 Å². The second-order valence-corrected chi connectivity index (χ2v) is 7.13. The molecule has 29 heavy (non-hydrogen) atoms. The molecule has 0 fully saturated rings. The minimum Gasteiger partial charge on any atom is -0.496 e. The summed E-state index contributed by atoms with van der Waals surface area (Å²) >= 11 is 0. The number of anilines is 2. The van der Waals surface area contributed by atoms with Crippen LogP contribution in [0, 0.1) is 13.8 Å². The Kier molecular flexibility index (Phi) is 4.84. The number of hydrogen-bond acceptors (Lipinski definition) is 6. The zero-order valence-electron chi connectivity index (χ0n) is 17.0. The average molecular weight is 388 g/mol. The van der Waals surface area contributed by atoms with Crippen LogP contribution in [0.4, 0.5) is 11.4 Å². The molecule has 1 unspecified atom stereocenters. The third-order valence-corrected chi connectivity index (χ3v) is 5.18. The van der Waals surface area contributed by atoms with Crippen molar-refractivity contribution in [3.05, 3.63) is 65.7 Å². The Hall–Kier alpha value is -3.54. The Morgan fingerprint density at radius 2 is 1.90 bits per heavy atom. The van der Waals surface area contributed by atoms with Gasteiger partial charge in [0.2, 0.25) is 0 Å². The quantitative estimate of drug-likeness (QED) is 0.484. The van der Waals surface area contributed by atoms with Gasteiger partial charge in [-0.05, 0) is 38.5 Å². The molecule has 148 valence electrons. The fraction of sp³-hybridized carbons (Fsp3) is 0.217. The van der Waals surface area contributed by atoms with Crippen LogP contribution in [0.2, 0.25) is 0 Å². The van der Waals surface area contributed by atoms with Crippen molar-refractivity contribution in [2.24, 2.45) is 0 Å². The number of methoxy groups -OCH3 is 1. The molecule has 0 saturated carbocycles. The number of ether oxygens (including phenoxy) is 1. The second kappa shape index (κ2) is 7.47. The molecule has 0 aliphatic carbocycles. The number of nitrogen functional groups attached to an aromatic ring is 1. The molecule has 0 aliphatic rings. The summed E-state index contributed by atoms with van der Waals surface area (Å²) in [5.41, 5.74) is 12.4. The minimum absolute atomic E-state index is 0.0809. The summed E-state index contributed by atoms with van der Waals surface area (Å²) in [6.07, 6.45) is 1.69. The Morgan fingerprint density at radius 3 is 2.55 bits per heavy atom. The molecule has 4 rings (SSSR count). The van der Waals surface area contributed by atoms with Gasteiger partial charge in [0.1, 0.15) is 11.5 Å². The lowest BCUT2D eigenvalue weighted by molar-refractivity contribution is 0.393. The third kappa shape index (κ3) is 3.38. The number of nitrogens with zero attached hydrogens (tertiary/aromatic N) is 2. The molecule has 0 aliphatic heterocycles. The van der Waals surface area contributed by atoms with Crippen LogP contribution in [0.25, 0.3) is 22.0 Å². The monoisotopic (exact) mass is 388 g/mol. The first-order chi connectivity index (χ1) is 14.0. The van der Waals surface area contributed by atoms with E-state index in [0.29, 0.717) is 5.69 Å². The highest BCUT2D eigenvalue weighted by atomic mass is 16.5. The van der Waals surface area contributed by atoms with Crippen molar-refractivity contribution in [3.63, 3.8) is 0 Å². The largest absolute Gasteiger partial charge is 0.496 e. The van der Waals surface area contributed by atoms with Gasteiger partial charge in [-0.3, -0.25) is 4.98 Å². The van der Waals surface area contributed by atoms with E-state index in [1.807, 2.05) is 44.2 Å². The first kappa shape index (κ1) is 18.8. The lowest BCUT2D eigenvalue weighted by Crippen LogP contribution is -2.09. The van der Waals surface area contributed by atoms with E-state index in [2.05, 4.69) is 34.5 Å². The highest BCUT2D eigenvalue weighted by molar-refractivity contribution is 6.00. The lowest BCUT2D eigenvalue weighted by atomic mass is 9.99. The number of benzene rings is 2. The maximum absolute atomic E-state index is 6.29. The number of aromatic nitrogens is 2. The molecule has 0 radical (unpaired) electrons. The van der Waals surface area contributed by atoms with Crippen LogP contribution < -0.4 is 15.8 Å². The van der Waals surface area contributed by atoms with Crippen LogP contribution in [-0.4, -0.2) is 17.3 Å². The molecule has 6 heteroatoms. The minimum atomic E-state index is 0.0809. The Morgan fingerprint density at radius 1 is 1.14 bits per heavy atom. The molecule has 1 atom stereocenters. The third-order valence-electron chi connectivity index (χ3n) is 5.18. The molecule has 3 N–H and O–H groups in total. The SMILES string of the molecule is COc1cc2c(NC(C)c3ccccc3)c(N)cnc2cc1-c1c(C)noc1C.